The van der Waals surface area contributed by atoms with Crippen LogP contribution in [0.1, 0.15) is 32.1 Å². The molecule has 0 aromatic carbocycles. The number of halogens is 1. The van der Waals surface area contributed by atoms with Gasteiger partial charge in [-0.2, -0.15) is 0 Å². The summed E-state index contributed by atoms with van der Waals surface area (Å²) in [5.41, 5.74) is 0. The molecule has 0 N–H and O–H groups in total. The predicted octanol–water partition coefficient (Wildman–Crippen LogP) is 1.70. The van der Waals surface area contributed by atoms with E-state index in [0.717, 1.165) is 26.1 Å². The number of likely N-dealkylation sites (tertiary alicyclic amines) is 2. The topological polar surface area (TPSA) is 23.6 Å². The molecule has 0 radical (unpaired) electrons. The van der Waals surface area contributed by atoms with Crippen LogP contribution >= 0.6 is 11.6 Å². The van der Waals surface area contributed by atoms with E-state index in [4.69, 9.17) is 11.6 Å². The molecular formula is C12H21ClN2O. The lowest BCUT2D eigenvalue weighted by Gasteiger charge is -2.29. The maximum absolute atomic E-state index is 11.5. The third kappa shape index (κ3) is 3.36. The van der Waals surface area contributed by atoms with Crippen molar-refractivity contribution < 1.29 is 4.79 Å². The monoisotopic (exact) mass is 244 g/mol. The van der Waals surface area contributed by atoms with Gasteiger partial charge in [-0.05, 0) is 32.4 Å². The second-order valence-electron chi connectivity index (χ2n) is 4.90. The Balaban J connectivity index is 1.70. The molecule has 2 heterocycles. The molecule has 0 spiro atoms. The summed E-state index contributed by atoms with van der Waals surface area (Å²) in [6.45, 7) is 4.93. The normalized spacial score (nSPS) is 25.1. The second-order valence-corrected chi connectivity index (χ2v) is 5.52. The number of piperidine rings is 1. The van der Waals surface area contributed by atoms with Gasteiger partial charge in [0.05, 0.1) is 5.38 Å². The van der Waals surface area contributed by atoms with Crippen LogP contribution in [0.4, 0.5) is 0 Å². The maximum atomic E-state index is 11.5. The highest BCUT2D eigenvalue weighted by Gasteiger charge is 2.23. The molecule has 16 heavy (non-hydrogen) atoms. The molecule has 2 aliphatic heterocycles. The van der Waals surface area contributed by atoms with Gasteiger partial charge < -0.3 is 9.80 Å². The molecule has 1 atom stereocenters. The molecule has 0 aromatic rings. The molecule has 0 unspecified atom stereocenters. The molecule has 0 saturated carbocycles. The van der Waals surface area contributed by atoms with E-state index in [-0.39, 0.29) is 11.3 Å². The Kier molecular flexibility index (Phi) is 4.47. The van der Waals surface area contributed by atoms with Crippen molar-refractivity contribution in [3.8, 4) is 0 Å². The van der Waals surface area contributed by atoms with E-state index in [1.54, 1.807) is 0 Å². The van der Waals surface area contributed by atoms with Crippen molar-refractivity contribution >= 4 is 17.5 Å². The summed E-state index contributed by atoms with van der Waals surface area (Å²) in [6.07, 6.45) is 5.67. The molecule has 2 fully saturated rings. The van der Waals surface area contributed by atoms with Crippen molar-refractivity contribution in [1.82, 2.24) is 9.80 Å². The van der Waals surface area contributed by atoms with Gasteiger partial charge in [-0.25, -0.2) is 0 Å². The van der Waals surface area contributed by atoms with Crippen molar-refractivity contribution in [1.29, 1.82) is 0 Å². The van der Waals surface area contributed by atoms with Gasteiger partial charge in [0.1, 0.15) is 0 Å². The van der Waals surface area contributed by atoms with Gasteiger partial charge >= 0.3 is 0 Å². The van der Waals surface area contributed by atoms with E-state index in [1.165, 1.54) is 32.4 Å². The van der Waals surface area contributed by atoms with E-state index in [1.807, 2.05) is 4.90 Å². The average Bonchev–Trinajstić information content (AvgIpc) is 2.66. The van der Waals surface area contributed by atoms with Crippen LogP contribution in [-0.4, -0.2) is 53.8 Å². The highest BCUT2D eigenvalue weighted by Crippen LogP contribution is 2.15. The largest absolute Gasteiger partial charge is 0.341 e. The quantitative estimate of drug-likeness (QED) is 0.703. The van der Waals surface area contributed by atoms with Crippen LogP contribution in [0.25, 0.3) is 0 Å². The zero-order chi connectivity index (χ0) is 11.4. The van der Waals surface area contributed by atoms with Gasteiger partial charge in [0.2, 0.25) is 5.91 Å². The number of carbonyl (C=O) groups excluding carboxylic acids is 1. The molecule has 3 nitrogen and oxygen atoms in total. The van der Waals surface area contributed by atoms with Crippen molar-refractivity contribution in [2.45, 2.75) is 37.5 Å². The first kappa shape index (κ1) is 12.2. The molecule has 4 heteroatoms. The lowest BCUT2D eigenvalue weighted by atomic mass is 10.1. The Morgan fingerprint density at radius 2 is 1.81 bits per heavy atom. The summed E-state index contributed by atoms with van der Waals surface area (Å²) in [5.74, 6) is 0.282. The Hall–Kier alpha value is -0.280. The van der Waals surface area contributed by atoms with Crippen LogP contribution in [0, 0.1) is 0 Å². The number of carbonyl (C=O) groups is 1. The fourth-order valence-corrected chi connectivity index (χ4v) is 2.98. The third-order valence-corrected chi connectivity index (χ3v) is 3.77. The minimum absolute atomic E-state index is 0.0974. The van der Waals surface area contributed by atoms with Crippen LogP contribution in [0.15, 0.2) is 0 Å². The van der Waals surface area contributed by atoms with E-state index in [0.29, 0.717) is 6.42 Å². The van der Waals surface area contributed by atoms with E-state index in [2.05, 4.69) is 4.90 Å². The lowest BCUT2D eigenvalue weighted by molar-refractivity contribution is -0.127. The zero-order valence-corrected chi connectivity index (χ0v) is 10.6. The first-order valence-electron chi connectivity index (χ1n) is 6.40. The first-order chi connectivity index (χ1) is 7.75. The smallest absolute Gasteiger partial charge is 0.222 e. The standard InChI is InChI=1S/C12H21ClN2O/c13-11(9-14-6-2-1-3-7-14)10-15-8-4-5-12(15)16/h11H,1-10H2/t11-/m0/s1. The van der Waals surface area contributed by atoms with Crippen molar-refractivity contribution in [2.24, 2.45) is 0 Å². The lowest BCUT2D eigenvalue weighted by Crippen LogP contribution is -2.40. The minimum Gasteiger partial charge on any atom is -0.341 e. The first-order valence-corrected chi connectivity index (χ1v) is 6.83. The fraction of sp³-hybridized carbons (Fsp3) is 0.917. The number of hydrogen-bond acceptors (Lipinski definition) is 2. The Morgan fingerprint density at radius 3 is 2.44 bits per heavy atom. The number of rotatable bonds is 4. The second kappa shape index (κ2) is 5.87. The molecular weight excluding hydrogens is 224 g/mol. The van der Waals surface area contributed by atoms with Crippen LogP contribution in [0.2, 0.25) is 0 Å². The van der Waals surface area contributed by atoms with Gasteiger partial charge in [0, 0.05) is 26.1 Å². The summed E-state index contributed by atoms with van der Waals surface area (Å²) in [6, 6.07) is 0. The summed E-state index contributed by atoms with van der Waals surface area (Å²) in [5, 5.41) is 0.0974. The zero-order valence-electron chi connectivity index (χ0n) is 9.83. The van der Waals surface area contributed by atoms with Crippen molar-refractivity contribution in [3.63, 3.8) is 0 Å². The molecule has 2 saturated heterocycles. The highest BCUT2D eigenvalue weighted by atomic mass is 35.5. The van der Waals surface area contributed by atoms with E-state index >= 15 is 0 Å². The van der Waals surface area contributed by atoms with E-state index in [9.17, 15) is 4.79 Å². The Morgan fingerprint density at radius 1 is 1.06 bits per heavy atom. The summed E-state index contributed by atoms with van der Waals surface area (Å²) in [4.78, 5) is 15.8. The van der Waals surface area contributed by atoms with Gasteiger partial charge in [-0.15, -0.1) is 11.6 Å². The maximum Gasteiger partial charge on any atom is 0.222 e. The summed E-state index contributed by atoms with van der Waals surface area (Å²) in [7, 11) is 0. The van der Waals surface area contributed by atoms with Crippen molar-refractivity contribution in [2.75, 3.05) is 32.7 Å². The fourth-order valence-electron chi connectivity index (χ4n) is 2.62. The summed E-state index contributed by atoms with van der Waals surface area (Å²) >= 11 is 6.32. The number of amides is 1. The van der Waals surface area contributed by atoms with Crippen LogP contribution < -0.4 is 0 Å². The predicted molar refractivity (Wildman–Crippen MR) is 65.7 cm³/mol. The molecule has 2 rings (SSSR count). The molecule has 0 aromatic heterocycles. The van der Waals surface area contributed by atoms with Crippen LogP contribution in [0.5, 0.6) is 0 Å². The molecule has 0 bridgehead atoms. The van der Waals surface area contributed by atoms with E-state index < -0.39 is 0 Å². The molecule has 0 aliphatic carbocycles. The highest BCUT2D eigenvalue weighted by molar-refractivity contribution is 6.21. The van der Waals surface area contributed by atoms with Crippen molar-refractivity contribution in [3.05, 3.63) is 0 Å². The van der Waals surface area contributed by atoms with Crippen LogP contribution in [0.3, 0.4) is 0 Å². The number of nitrogens with zero attached hydrogens (tertiary/aromatic N) is 2. The Labute approximate surface area is 103 Å². The Bertz CT molecular complexity index is 241. The molecule has 2 aliphatic rings. The van der Waals surface area contributed by atoms with Crippen LogP contribution in [-0.2, 0) is 4.79 Å². The minimum atomic E-state index is 0.0974. The van der Waals surface area contributed by atoms with Gasteiger partial charge in [-0.1, -0.05) is 6.42 Å². The third-order valence-electron chi connectivity index (χ3n) is 3.49. The summed E-state index contributed by atoms with van der Waals surface area (Å²) < 4.78 is 0. The molecule has 1 amide bonds. The number of hydrogen-bond donors (Lipinski definition) is 0. The molecule has 92 valence electrons. The SMILES string of the molecule is O=C1CCCN1C[C@@H](Cl)CN1CCCCC1. The average molecular weight is 245 g/mol. The van der Waals surface area contributed by atoms with Gasteiger partial charge in [-0.3, -0.25) is 4.79 Å². The van der Waals surface area contributed by atoms with Gasteiger partial charge in [0.25, 0.3) is 0 Å². The number of alkyl halides is 1. The van der Waals surface area contributed by atoms with Gasteiger partial charge in [0.15, 0.2) is 0 Å².